The highest BCUT2D eigenvalue weighted by molar-refractivity contribution is 7.09. The number of thiophene rings is 1. The van der Waals surface area contributed by atoms with Crippen LogP contribution < -0.4 is 5.32 Å². The van der Waals surface area contributed by atoms with Gasteiger partial charge < -0.3 is 10.2 Å². The molecule has 3 heterocycles. The summed E-state index contributed by atoms with van der Waals surface area (Å²) in [6.07, 6.45) is 4.86. The molecule has 0 bridgehead atoms. The number of carbonyl (C=O) groups excluding carboxylic acids is 1. The van der Waals surface area contributed by atoms with Gasteiger partial charge in [-0.05, 0) is 36.8 Å². The molecule has 0 radical (unpaired) electrons. The standard InChI is InChI=1S/C18H27N3OS.2ClH/c22-17(18-6-2-1-4-15(18)12-19-14-18)21-9-7-20(8-10-21)13-16-5-3-11-23-16;;/h3,5,11,15,19H,1-2,4,6-10,12-14H2;2*1H/t15-,18+;;/m0../s1. The summed E-state index contributed by atoms with van der Waals surface area (Å²) in [5.41, 5.74) is -0.0752. The minimum Gasteiger partial charge on any atom is -0.340 e. The fraction of sp³-hybridized carbons (Fsp3) is 0.722. The first-order valence-corrected chi connectivity index (χ1v) is 9.91. The summed E-state index contributed by atoms with van der Waals surface area (Å²) in [6, 6.07) is 4.33. The van der Waals surface area contributed by atoms with E-state index in [0.29, 0.717) is 11.8 Å². The molecule has 7 heteroatoms. The molecule has 2 saturated heterocycles. The van der Waals surface area contributed by atoms with Gasteiger partial charge in [0.05, 0.1) is 5.41 Å². The van der Waals surface area contributed by atoms with E-state index in [0.717, 1.165) is 52.2 Å². The monoisotopic (exact) mass is 405 g/mol. The van der Waals surface area contributed by atoms with E-state index in [-0.39, 0.29) is 30.2 Å². The predicted octanol–water partition coefficient (Wildman–Crippen LogP) is 3.02. The maximum absolute atomic E-state index is 13.2. The van der Waals surface area contributed by atoms with Crippen LogP contribution in [0.2, 0.25) is 0 Å². The second-order valence-corrected chi connectivity index (χ2v) is 8.41. The van der Waals surface area contributed by atoms with Gasteiger partial charge in [-0.15, -0.1) is 36.2 Å². The Morgan fingerprint density at radius 3 is 2.76 bits per heavy atom. The van der Waals surface area contributed by atoms with Crippen molar-refractivity contribution in [1.29, 1.82) is 0 Å². The van der Waals surface area contributed by atoms with Gasteiger partial charge in [-0.3, -0.25) is 9.69 Å². The van der Waals surface area contributed by atoms with Crippen molar-refractivity contribution in [3.8, 4) is 0 Å². The molecule has 142 valence electrons. The Balaban J connectivity index is 0.00000113. The molecular formula is C18H29Cl2N3OS. The number of hydrogen-bond acceptors (Lipinski definition) is 4. The molecule has 1 amide bonds. The molecule has 1 aromatic heterocycles. The van der Waals surface area contributed by atoms with Crippen molar-refractivity contribution >= 4 is 42.1 Å². The molecule has 1 aliphatic carbocycles. The van der Waals surface area contributed by atoms with E-state index in [9.17, 15) is 4.79 Å². The molecule has 4 nitrogen and oxygen atoms in total. The van der Waals surface area contributed by atoms with Crippen LogP contribution >= 0.6 is 36.2 Å². The van der Waals surface area contributed by atoms with Gasteiger partial charge in [-0.2, -0.15) is 0 Å². The van der Waals surface area contributed by atoms with Crippen molar-refractivity contribution in [2.24, 2.45) is 11.3 Å². The Bertz CT molecular complexity index is 549. The zero-order valence-electron chi connectivity index (χ0n) is 14.6. The lowest BCUT2D eigenvalue weighted by Crippen LogP contribution is -2.55. The van der Waals surface area contributed by atoms with E-state index < -0.39 is 0 Å². The van der Waals surface area contributed by atoms with Gasteiger partial charge in [0, 0.05) is 44.1 Å². The molecule has 4 rings (SSSR count). The van der Waals surface area contributed by atoms with E-state index in [1.807, 2.05) is 11.3 Å². The first-order valence-electron chi connectivity index (χ1n) is 9.03. The largest absolute Gasteiger partial charge is 0.340 e. The number of nitrogens with one attached hydrogen (secondary N) is 1. The summed E-state index contributed by atoms with van der Waals surface area (Å²) in [4.78, 5) is 19.3. The SMILES string of the molecule is Cl.Cl.O=C(N1CCN(Cc2cccs2)CC1)[C@@]12CCCC[C@H]1CNC2. The van der Waals surface area contributed by atoms with Crippen molar-refractivity contribution in [2.75, 3.05) is 39.3 Å². The summed E-state index contributed by atoms with van der Waals surface area (Å²) < 4.78 is 0. The highest BCUT2D eigenvalue weighted by Gasteiger charge is 2.51. The predicted molar refractivity (Wildman–Crippen MR) is 108 cm³/mol. The fourth-order valence-corrected chi connectivity index (χ4v) is 5.46. The van der Waals surface area contributed by atoms with Crippen molar-refractivity contribution in [1.82, 2.24) is 15.1 Å². The van der Waals surface area contributed by atoms with Crippen molar-refractivity contribution in [3.63, 3.8) is 0 Å². The number of amides is 1. The Morgan fingerprint density at radius 2 is 2.04 bits per heavy atom. The second-order valence-electron chi connectivity index (χ2n) is 7.38. The zero-order valence-corrected chi connectivity index (χ0v) is 17.1. The second kappa shape index (κ2) is 9.05. The molecule has 2 atom stereocenters. The molecule has 0 spiro atoms. The molecule has 0 aromatic carbocycles. The van der Waals surface area contributed by atoms with Crippen LogP contribution in [-0.4, -0.2) is 55.0 Å². The average Bonchev–Trinajstić information content (AvgIpc) is 3.24. The number of carbonyl (C=O) groups is 1. The van der Waals surface area contributed by atoms with E-state index in [2.05, 4.69) is 32.6 Å². The van der Waals surface area contributed by atoms with Crippen LogP contribution in [0.5, 0.6) is 0 Å². The van der Waals surface area contributed by atoms with E-state index in [4.69, 9.17) is 0 Å². The van der Waals surface area contributed by atoms with Gasteiger partial charge in [-0.1, -0.05) is 18.9 Å². The third-order valence-corrected chi connectivity index (χ3v) is 6.94. The molecule has 1 aromatic rings. The third kappa shape index (κ3) is 4.16. The fourth-order valence-electron chi connectivity index (χ4n) is 4.72. The van der Waals surface area contributed by atoms with Gasteiger partial charge in [0.15, 0.2) is 0 Å². The molecule has 3 fully saturated rings. The first-order chi connectivity index (χ1) is 11.3. The van der Waals surface area contributed by atoms with Gasteiger partial charge >= 0.3 is 0 Å². The summed E-state index contributed by atoms with van der Waals surface area (Å²) in [5.74, 6) is 1.02. The van der Waals surface area contributed by atoms with Gasteiger partial charge in [-0.25, -0.2) is 0 Å². The van der Waals surface area contributed by atoms with Gasteiger partial charge in [0.25, 0.3) is 0 Å². The molecule has 25 heavy (non-hydrogen) atoms. The Morgan fingerprint density at radius 1 is 1.24 bits per heavy atom. The lowest BCUT2D eigenvalue weighted by atomic mass is 9.67. The summed E-state index contributed by atoms with van der Waals surface area (Å²) in [6.45, 7) is 6.82. The Labute approximate surface area is 167 Å². The maximum atomic E-state index is 13.2. The van der Waals surface area contributed by atoms with Crippen LogP contribution in [0, 0.1) is 11.3 Å². The Kier molecular flexibility index (Phi) is 7.59. The average molecular weight is 406 g/mol. The summed E-state index contributed by atoms with van der Waals surface area (Å²) in [7, 11) is 0. The van der Waals surface area contributed by atoms with Crippen LogP contribution in [0.1, 0.15) is 30.6 Å². The molecule has 2 aliphatic heterocycles. The highest BCUT2D eigenvalue weighted by atomic mass is 35.5. The van der Waals surface area contributed by atoms with Gasteiger partial charge in [0.2, 0.25) is 5.91 Å². The summed E-state index contributed by atoms with van der Waals surface area (Å²) in [5, 5.41) is 5.65. The van der Waals surface area contributed by atoms with E-state index in [1.54, 1.807) is 0 Å². The number of piperazine rings is 1. The van der Waals surface area contributed by atoms with E-state index in [1.165, 1.54) is 24.1 Å². The van der Waals surface area contributed by atoms with Crippen LogP contribution in [-0.2, 0) is 11.3 Å². The lowest BCUT2D eigenvalue weighted by Gasteiger charge is -2.43. The van der Waals surface area contributed by atoms with E-state index >= 15 is 0 Å². The molecule has 1 saturated carbocycles. The number of hydrogen-bond donors (Lipinski definition) is 1. The molecule has 3 aliphatic rings. The topological polar surface area (TPSA) is 35.6 Å². The van der Waals surface area contributed by atoms with Crippen LogP contribution in [0.3, 0.4) is 0 Å². The normalized spacial score (nSPS) is 29.4. The quantitative estimate of drug-likeness (QED) is 0.838. The van der Waals surface area contributed by atoms with Gasteiger partial charge in [0.1, 0.15) is 0 Å². The minimum atomic E-state index is -0.0752. The first kappa shape index (κ1) is 21.0. The van der Waals surface area contributed by atoms with Crippen LogP contribution in [0.25, 0.3) is 0 Å². The summed E-state index contributed by atoms with van der Waals surface area (Å²) >= 11 is 1.83. The van der Waals surface area contributed by atoms with Crippen LogP contribution in [0.4, 0.5) is 0 Å². The molecule has 1 N–H and O–H groups in total. The zero-order chi connectivity index (χ0) is 15.7. The number of halogens is 2. The van der Waals surface area contributed by atoms with Crippen molar-refractivity contribution in [2.45, 2.75) is 32.2 Å². The number of nitrogens with zero attached hydrogens (tertiary/aromatic N) is 2. The highest BCUT2D eigenvalue weighted by Crippen LogP contribution is 2.45. The molecule has 0 unspecified atom stereocenters. The van der Waals surface area contributed by atoms with Crippen molar-refractivity contribution in [3.05, 3.63) is 22.4 Å². The lowest BCUT2D eigenvalue weighted by molar-refractivity contribution is -0.147. The van der Waals surface area contributed by atoms with Crippen molar-refractivity contribution < 1.29 is 4.79 Å². The molecular weight excluding hydrogens is 377 g/mol. The maximum Gasteiger partial charge on any atom is 0.230 e. The minimum absolute atomic E-state index is 0. The third-order valence-electron chi connectivity index (χ3n) is 6.08. The Hall–Kier alpha value is -0.330. The smallest absolute Gasteiger partial charge is 0.230 e. The number of rotatable bonds is 3. The number of fused-ring (bicyclic) bond motifs is 1. The van der Waals surface area contributed by atoms with Crippen LogP contribution in [0.15, 0.2) is 17.5 Å².